The van der Waals surface area contributed by atoms with Gasteiger partial charge in [-0.3, -0.25) is 4.98 Å². The summed E-state index contributed by atoms with van der Waals surface area (Å²) in [6.07, 6.45) is 3.24. The topological polar surface area (TPSA) is 56.7 Å². The summed E-state index contributed by atoms with van der Waals surface area (Å²) < 4.78 is 8.46. The molecule has 0 aliphatic heterocycles. The van der Waals surface area contributed by atoms with Crippen molar-refractivity contribution < 1.29 is 24.5 Å². The van der Waals surface area contributed by atoms with Crippen LogP contribution in [0, 0.1) is 31.9 Å². The van der Waals surface area contributed by atoms with Gasteiger partial charge in [-0.05, 0) is 66.5 Å². The number of hydrogen-bond donors (Lipinski definition) is 0. The van der Waals surface area contributed by atoms with Gasteiger partial charge in [0.05, 0.1) is 30.5 Å². The first kappa shape index (κ1) is 36.1. The zero-order valence-corrected chi connectivity index (χ0v) is 33.6. The molecular weight excluding hydrogens is 821 g/mol. The molecule has 0 saturated carbocycles. The van der Waals surface area contributed by atoms with Crippen LogP contribution in [0.1, 0.15) is 30.7 Å². The normalized spacial score (nSPS) is 11.5. The zero-order chi connectivity index (χ0) is 35.0. The summed E-state index contributed by atoms with van der Waals surface area (Å²) in [5, 5.41) is 3.58. The summed E-state index contributed by atoms with van der Waals surface area (Å²) in [6.45, 7) is 15.8. The van der Waals surface area contributed by atoms with E-state index >= 15 is 0 Å². The molecule has 5 nitrogen and oxygen atoms in total. The second kappa shape index (κ2) is 14.9. The SMILES string of the molecule is CC(C)Cc1cc(-c2[c-]cccc2)ncc1[Si](C)(C)C.Cc1ccc2c(n1)oc1c(-c3nc4ccccc4n3-c3ccccc3)[c-]cc(C)c12.[Ir]. The minimum Gasteiger partial charge on any atom is -0.486 e. The maximum atomic E-state index is 6.29. The molecule has 4 aromatic heterocycles. The minimum atomic E-state index is -1.34. The Bertz CT molecular complexity index is 2440. The molecule has 0 amide bonds. The average Bonchev–Trinajstić information content (AvgIpc) is 3.68. The zero-order valence-electron chi connectivity index (χ0n) is 30.2. The first-order valence-corrected chi connectivity index (χ1v) is 20.8. The molecule has 0 aliphatic rings. The van der Waals surface area contributed by atoms with E-state index in [2.05, 4.69) is 110 Å². The molecule has 8 rings (SSSR count). The number of imidazole rings is 1. The van der Waals surface area contributed by atoms with Crippen LogP contribution in [-0.4, -0.2) is 27.6 Å². The third kappa shape index (κ3) is 7.38. The fourth-order valence-corrected chi connectivity index (χ4v) is 8.23. The van der Waals surface area contributed by atoms with E-state index in [0.29, 0.717) is 11.6 Å². The molecule has 0 N–H and O–H groups in total. The van der Waals surface area contributed by atoms with Crippen molar-refractivity contribution in [1.29, 1.82) is 0 Å². The van der Waals surface area contributed by atoms with Crippen molar-refractivity contribution in [3.63, 3.8) is 0 Å². The van der Waals surface area contributed by atoms with Gasteiger partial charge < -0.3 is 14.0 Å². The Balaban J connectivity index is 0.000000188. The van der Waals surface area contributed by atoms with Gasteiger partial charge in [0, 0.05) is 43.1 Å². The number of benzene rings is 4. The largest absolute Gasteiger partial charge is 0.486 e. The van der Waals surface area contributed by atoms with Gasteiger partial charge in [0.1, 0.15) is 0 Å². The predicted molar refractivity (Wildman–Crippen MR) is 210 cm³/mol. The van der Waals surface area contributed by atoms with Crippen molar-refractivity contribution >= 4 is 46.4 Å². The second-order valence-electron chi connectivity index (χ2n) is 14.4. The number of nitrogens with zero attached hydrogens (tertiary/aromatic N) is 4. The Hall–Kier alpha value is -4.68. The van der Waals surface area contributed by atoms with Crippen LogP contribution in [0.25, 0.3) is 61.4 Å². The number of para-hydroxylation sites is 3. The number of aromatic nitrogens is 4. The molecule has 0 aliphatic carbocycles. The molecule has 0 saturated heterocycles. The van der Waals surface area contributed by atoms with Crippen LogP contribution in [0.4, 0.5) is 0 Å². The summed E-state index contributed by atoms with van der Waals surface area (Å²) >= 11 is 0. The van der Waals surface area contributed by atoms with E-state index in [9.17, 15) is 0 Å². The molecule has 0 atom stereocenters. The van der Waals surface area contributed by atoms with Gasteiger partial charge in [-0.15, -0.1) is 53.6 Å². The van der Waals surface area contributed by atoms with E-state index in [1.165, 1.54) is 10.8 Å². The molecule has 1 radical (unpaired) electrons. The Labute approximate surface area is 315 Å². The van der Waals surface area contributed by atoms with E-state index in [-0.39, 0.29) is 20.1 Å². The third-order valence-corrected chi connectivity index (χ3v) is 11.0. The second-order valence-corrected chi connectivity index (χ2v) is 19.4. The smallest absolute Gasteiger partial charge is 0.216 e. The van der Waals surface area contributed by atoms with Gasteiger partial charge in [-0.25, -0.2) is 4.98 Å². The van der Waals surface area contributed by atoms with Crippen molar-refractivity contribution in [1.82, 2.24) is 19.5 Å². The van der Waals surface area contributed by atoms with Gasteiger partial charge in [0.25, 0.3) is 0 Å². The molecule has 4 heterocycles. The van der Waals surface area contributed by atoms with Gasteiger partial charge in [-0.2, -0.15) is 0 Å². The predicted octanol–water partition coefficient (Wildman–Crippen LogP) is 10.7. The van der Waals surface area contributed by atoms with Crippen LogP contribution in [0.15, 0.2) is 114 Å². The van der Waals surface area contributed by atoms with E-state index in [4.69, 9.17) is 9.40 Å². The molecule has 51 heavy (non-hydrogen) atoms. The number of aryl methyl sites for hydroxylation is 2. The van der Waals surface area contributed by atoms with E-state index < -0.39 is 8.07 Å². The molecule has 0 fully saturated rings. The quantitative estimate of drug-likeness (QED) is 0.123. The van der Waals surface area contributed by atoms with Crippen molar-refractivity contribution in [2.75, 3.05) is 0 Å². The Morgan fingerprint density at radius 2 is 1.59 bits per heavy atom. The van der Waals surface area contributed by atoms with Crippen LogP contribution in [-0.2, 0) is 26.5 Å². The van der Waals surface area contributed by atoms with Crippen molar-refractivity contribution in [2.45, 2.75) is 53.8 Å². The molecule has 4 aromatic carbocycles. The van der Waals surface area contributed by atoms with Gasteiger partial charge in [0.15, 0.2) is 0 Å². The molecule has 8 aromatic rings. The van der Waals surface area contributed by atoms with Gasteiger partial charge in [0.2, 0.25) is 5.71 Å². The number of hydrogen-bond acceptors (Lipinski definition) is 4. The summed E-state index contributed by atoms with van der Waals surface area (Å²) in [4.78, 5) is 14.3. The van der Waals surface area contributed by atoms with Crippen molar-refractivity contribution in [3.8, 4) is 28.3 Å². The maximum Gasteiger partial charge on any atom is 0.216 e. The third-order valence-electron chi connectivity index (χ3n) is 8.96. The minimum absolute atomic E-state index is 0. The molecule has 7 heteroatoms. The summed E-state index contributed by atoms with van der Waals surface area (Å²) in [7, 11) is -1.34. The molecule has 259 valence electrons. The first-order chi connectivity index (χ1) is 24.1. The van der Waals surface area contributed by atoms with Crippen LogP contribution in [0.2, 0.25) is 19.6 Å². The van der Waals surface area contributed by atoms with Crippen molar-refractivity contribution in [2.24, 2.45) is 5.92 Å². The van der Waals surface area contributed by atoms with Gasteiger partial charge in [-0.1, -0.05) is 93.3 Å². The van der Waals surface area contributed by atoms with Crippen LogP contribution in [0.3, 0.4) is 0 Å². The Morgan fingerprint density at radius 3 is 2.31 bits per heavy atom. The van der Waals surface area contributed by atoms with E-state index in [1.54, 1.807) is 0 Å². The van der Waals surface area contributed by atoms with Gasteiger partial charge >= 0.3 is 0 Å². The Kier molecular flexibility index (Phi) is 10.5. The fraction of sp³-hybridized carbons (Fsp3) is 0.205. The standard InChI is InChI=1S/C26H18N3O.C18H24NSi.Ir/c1-16-12-14-20(24-23(16)19-15-13-17(2)27-26(19)30-24)25-28-21-10-6-7-11-22(21)29(25)18-8-4-3-5-9-18;1-14(2)11-16-12-17(15-9-7-6-8-10-15)19-13-18(16)20(3,4)5;/h3-13,15H,1-2H3;6-9,12-14H,11H2,1-5H3;/q2*-1;. The summed E-state index contributed by atoms with van der Waals surface area (Å²) in [6, 6.07) is 41.6. The monoisotopic (exact) mass is 863 g/mol. The van der Waals surface area contributed by atoms with Crippen molar-refractivity contribution in [3.05, 3.63) is 138 Å². The maximum absolute atomic E-state index is 6.29. The summed E-state index contributed by atoms with van der Waals surface area (Å²) in [5.74, 6) is 1.48. The number of rotatable bonds is 6. The number of pyridine rings is 2. The molecule has 0 bridgehead atoms. The number of fused-ring (bicyclic) bond motifs is 4. The van der Waals surface area contributed by atoms with Crippen LogP contribution >= 0.6 is 0 Å². The average molecular weight is 863 g/mol. The summed E-state index contributed by atoms with van der Waals surface area (Å²) in [5.41, 5.74) is 10.9. The van der Waals surface area contributed by atoms with E-state index in [0.717, 1.165) is 73.4 Å². The van der Waals surface area contributed by atoms with Crippen LogP contribution in [0.5, 0.6) is 0 Å². The van der Waals surface area contributed by atoms with E-state index in [1.807, 2.05) is 73.7 Å². The van der Waals surface area contributed by atoms with Crippen LogP contribution < -0.4 is 5.19 Å². The molecule has 0 spiro atoms. The fourth-order valence-electron chi connectivity index (χ4n) is 6.64. The molecular formula is C44H42IrN4OSi-2. The Morgan fingerprint density at radius 1 is 0.843 bits per heavy atom. The molecule has 0 unspecified atom stereocenters. The number of furan rings is 1. The first-order valence-electron chi connectivity index (χ1n) is 17.3.